The second kappa shape index (κ2) is 11.4. The highest BCUT2D eigenvalue weighted by Gasteiger charge is 2.58. The monoisotopic (exact) mass is 556 g/mol. The maximum Gasteiger partial charge on any atom is 0.487 e. The van der Waals surface area contributed by atoms with E-state index in [0.29, 0.717) is 12.8 Å². The molecule has 0 bridgehead atoms. The zero-order valence-electron chi connectivity index (χ0n) is 24.4. The number of amides is 2. The lowest BCUT2D eigenvalue weighted by Gasteiger charge is -2.42. The maximum absolute atomic E-state index is 14.2. The summed E-state index contributed by atoms with van der Waals surface area (Å²) in [7, 11) is -1.10. The molecule has 3 fully saturated rings. The molecule has 41 heavy (non-hydrogen) atoms. The molecule has 4 aliphatic rings. The number of carbonyl (C=O) groups excluding carboxylic acids is 2. The van der Waals surface area contributed by atoms with Gasteiger partial charge in [-0.2, -0.15) is 0 Å². The van der Waals surface area contributed by atoms with Gasteiger partial charge in [0.15, 0.2) is 0 Å². The molecule has 2 amide bonds. The Balaban J connectivity index is 1.24. The molecule has 1 aliphatic carbocycles. The summed E-state index contributed by atoms with van der Waals surface area (Å²) in [6, 6.07) is 14.1. The lowest BCUT2D eigenvalue weighted by atomic mass is 9.54. The standard InChI is InChI=1S/C33H41BN2O5/c1-4-8-23-17-27-29(26-18-28(41-34(40)30(23)26)24-15-20(2)31(37)21(3)16-24)33(39)36(32(27)38)25-11-13-35(14-12-25)19-22-9-6-5-7-10-22/h5-7,9-10,15-16,25-29,37,40H,4,8,11-14,17-19H2,1-3H3/t26-,27-,28-,29+/m0/s1. The number of phenols is 1. The van der Waals surface area contributed by atoms with Crippen molar-refractivity contribution in [3.05, 3.63) is 75.8 Å². The van der Waals surface area contributed by atoms with Crippen LogP contribution in [0.25, 0.3) is 0 Å². The fraction of sp³-hybridized carbons (Fsp3) is 0.515. The Kier molecular flexibility index (Phi) is 7.83. The Morgan fingerprint density at radius 2 is 1.68 bits per heavy atom. The number of aryl methyl sites for hydroxylation is 2. The average molecular weight is 557 g/mol. The Bertz CT molecular complexity index is 1330. The third kappa shape index (κ3) is 5.15. The van der Waals surface area contributed by atoms with Crippen LogP contribution in [-0.2, 0) is 20.8 Å². The van der Waals surface area contributed by atoms with Crippen molar-refractivity contribution in [1.82, 2.24) is 9.80 Å². The van der Waals surface area contributed by atoms with Gasteiger partial charge in [-0.05, 0) is 91.7 Å². The lowest BCUT2D eigenvalue weighted by Crippen LogP contribution is -2.48. The lowest BCUT2D eigenvalue weighted by molar-refractivity contribution is -0.144. The number of nitrogens with zero attached hydrogens (tertiary/aromatic N) is 2. The van der Waals surface area contributed by atoms with E-state index in [1.807, 2.05) is 32.0 Å². The minimum absolute atomic E-state index is 0.0250. The largest absolute Gasteiger partial charge is 0.507 e. The van der Waals surface area contributed by atoms with Gasteiger partial charge in [0.2, 0.25) is 11.8 Å². The molecule has 4 atom stereocenters. The normalized spacial score (nSPS) is 27.4. The summed E-state index contributed by atoms with van der Waals surface area (Å²) in [5, 5.41) is 21.6. The molecule has 8 heteroatoms. The van der Waals surface area contributed by atoms with Crippen LogP contribution in [0.3, 0.4) is 0 Å². The molecule has 0 unspecified atom stereocenters. The third-order valence-electron chi connectivity index (χ3n) is 9.85. The van der Waals surface area contributed by atoms with E-state index >= 15 is 0 Å². The Hall–Kier alpha value is -2.94. The molecule has 0 saturated carbocycles. The topological polar surface area (TPSA) is 90.3 Å². The highest BCUT2D eigenvalue weighted by atomic mass is 16.5. The number of aromatic hydroxyl groups is 1. The zero-order chi connectivity index (χ0) is 28.8. The van der Waals surface area contributed by atoms with Gasteiger partial charge in [0.1, 0.15) is 5.75 Å². The average Bonchev–Trinajstić information content (AvgIpc) is 3.21. The van der Waals surface area contributed by atoms with E-state index in [2.05, 4.69) is 36.1 Å². The summed E-state index contributed by atoms with van der Waals surface area (Å²) < 4.78 is 6.18. The maximum atomic E-state index is 14.2. The number of imide groups is 1. The Labute approximate surface area is 243 Å². The van der Waals surface area contributed by atoms with Gasteiger partial charge in [-0.3, -0.25) is 19.4 Å². The van der Waals surface area contributed by atoms with Gasteiger partial charge in [0.05, 0.1) is 17.9 Å². The minimum atomic E-state index is -1.10. The molecule has 2 aromatic rings. The van der Waals surface area contributed by atoms with Crippen molar-refractivity contribution in [2.24, 2.45) is 17.8 Å². The Morgan fingerprint density at radius 3 is 2.34 bits per heavy atom. The van der Waals surface area contributed by atoms with E-state index < -0.39 is 19.1 Å². The SMILES string of the molecule is CCCC1=C2B(O)O[C@H](c3cc(C)c(O)c(C)c3)C[C@H]2[C@H]2C(=O)N(C3CCN(Cc4ccccc4)CC3)C(=O)[C@H]2C1. The number of hydrogen-bond acceptors (Lipinski definition) is 6. The van der Waals surface area contributed by atoms with Gasteiger partial charge >= 0.3 is 7.12 Å². The second-order valence-corrected chi connectivity index (χ2v) is 12.5. The van der Waals surface area contributed by atoms with E-state index in [4.69, 9.17) is 4.65 Å². The molecule has 7 nitrogen and oxygen atoms in total. The van der Waals surface area contributed by atoms with Crippen LogP contribution in [0.15, 0.2) is 53.5 Å². The predicted octanol–water partition coefficient (Wildman–Crippen LogP) is 4.87. The van der Waals surface area contributed by atoms with Crippen molar-refractivity contribution in [3.8, 4) is 5.75 Å². The highest BCUT2D eigenvalue weighted by molar-refractivity contribution is 6.53. The van der Waals surface area contributed by atoms with Crippen LogP contribution in [0, 0.1) is 31.6 Å². The first-order valence-corrected chi connectivity index (χ1v) is 15.2. The van der Waals surface area contributed by atoms with Crippen molar-refractivity contribution in [2.75, 3.05) is 13.1 Å². The Morgan fingerprint density at radius 1 is 1.00 bits per heavy atom. The fourth-order valence-electron chi connectivity index (χ4n) is 7.90. The fourth-order valence-corrected chi connectivity index (χ4v) is 7.90. The molecule has 3 saturated heterocycles. The van der Waals surface area contributed by atoms with Crippen molar-refractivity contribution >= 4 is 18.9 Å². The number of carbonyl (C=O) groups is 2. The van der Waals surface area contributed by atoms with Crippen LogP contribution >= 0.6 is 0 Å². The predicted molar refractivity (Wildman–Crippen MR) is 158 cm³/mol. The number of phenolic OH excluding ortho intramolecular Hbond substituents is 1. The van der Waals surface area contributed by atoms with Gasteiger partial charge in [-0.25, -0.2) is 0 Å². The van der Waals surface area contributed by atoms with Gasteiger partial charge in [0, 0.05) is 25.7 Å². The van der Waals surface area contributed by atoms with Crippen molar-refractivity contribution in [1.29, 1.82) is 0 Å². The van der Waals surface area contributed by atoms with E-state index in [1.54, 1.807) is 4.90 Å². The molecule has 0 aromatic heterocycles. The van der Waals surface area contributed by atoms with Crippen LogP contribution < -0.4 is 0 Å². The van der Waals surface area contributed by atoms with E-state index in [9.17, 15) is 19.7 Å². The summed E-state index contributed by atoms with van der Waals surface area (Å²) in [6.45, 7) is 8.41. The molecule has 2 aromatic carbocycles. The molecule has 3 aliphatic heterocycles. The van der Waals surface area contributed by atoms with Crippen LogP contribution in [0.5, 0.6) is 5.75 Å². The van der Waals surface area contributed by atoms with Crippen molar-refractivity contribution in [2.45, 2.75) is 78.0 Å². The number of likely N-dealkylation sites (tertiary alicyclic amines) is 2. The van der Waals surface area contributed by atoms with E-state index in [-0.39, 0.29) is 35.4 Å². The van der Waals surface area contributed by atoms with Crippen molar-refractivity contribution in [3.63, 3.8) is 0 Å². The van der Waals surface area contributed by atoms with Gasteiger partial charge in [-0.1, -0.05) is 49.2 Å². The summed E-state index contributed by atoms with van der Waals surface area (Å²) >= 11 is 0. The second-order valence-electron chi connectivity index (χ2n) is 12.5. The third-order valence-corrected chi connectivity index (χ3v) is 9.85. The number of rotatable bonds is 6. The van der Waals surface area contributed by atoms with Crippen LogP contribution in [-0.4, -0.2) is 58.0 Å². The molecule has 216 valence electrons. The number of allylic oxidation sites excluding steroid dienone is 2. The molecular weight excluding hydrogens is 515 g/mol. The summed E-state index contributed by atoms with van der Waals surface area (Å²) in [4.78, 5) is 32.1. The first-order valence-electron chi connectivity index (χ1n) is 15.2. The first kappa shape index (κ1) is 28.2. The van der Waals surface area contributed by atoms with Crippen LogP contribution in [0.2, 0.25) is 0 Å². The molecule has 0 spiro atoms. The van der Waals surface area contributed by atoms with Gasteiger partial charge in [-0.15, -0.1) is 0 Å². The first-order chi connectivity index (χ1) is 19.8. The van der Waals surface area contributed by atoms with Gasteiger partial charge < -0.3 is 14.8 Å². The smallest absolute Gasteiger partial charge is 0.487 e. The summed E-state index contributed by atoms with van der Waals surface area (Å²) in [5.41, 5.74) is 5.59. The van der Waals surface area contributed by atoms with Crippen LogP contribution in [0.4, 0.5) is 0 Å². The molecule has 0 radical (unpaired) electrons. The van der Waals surface area contributed by atoms with E-state index in [0.717, 1.165) is 73.1 Å². The number of benzene rings is 2. The summed E-state index contributed by atoms with van der Waals surface area (Å²) in [5.74, 6) is -0.891. The van der Waals surface area contributed by atoms with Gasteiger partial charge in [0.25, 0.3) is 0 Å². The summed E-state index contributed by atoms with van der Waals surface area (Å²) in [6.07, 6.45) is 3.91. The number of piperidine rings is 1. The highest BCUT2D eigenvalue weighted by Crippen LogP contribution is 2.53. The van der Waals surface area contributed by atoms with E-state index in [1.165, 1.54) is 5.56 Å². The quantitative estimate of drug-likeness (QED) is 0.390. The zero-order valence-corrected chi connectivity index (χ0v) is 24.4. The number of hydrogen-bond donors (Lipinski definition) is 2. The molecule has 2 N–H and O–H groups in total. The molecule has 6 rings (SSSR count). The van der Waals surface area contributed by atoms with Crippen LogP contribution in [0.1, 0.15) is 73.8 Å². The van der Waals surface area contributed by atoms with Crippen molar-refractivity contribution < 1.29 is 24.4 Å². The molecular formula is C33H41BN2O5. The minimum Gasteiger partial charge on any atom is -0.507 e. The molecule has 3 heterocycles. The number of fused-ring (bicyclic) bond motifs is 3.